The van der Waals surface area contributed by atoms with Gasteiger partial charge in [-0.1, -0.05) is 13.3 Å². The van der Waals surface area contributed by atoms with Gasteiger partial charge in [-0.3, -0.25) is 24.0 Å². The van der Waals surface area contributed by atoms with E-state index in [9.17, 15) is 14.4 Å². The van der Waals surface area contributed by atoms with E-state index in [4.69, 9.17) is 10.5 Å². The van der Waals surface area contributed by atoms with Gasteiger partial charge in [0.1, 0.15) is 5.82 Å². The molecule has 2 aromatic rings. The molecule has 0 fully saturated rings. The molecule has 0 saturated heterocycles. The van der Waals surface area contributed by atoms with Crippen LogP contribution in [-0.2, 0) is 24.1 Å². The molecule has 0 aliphatic heterocycles. The van der Waals surface area contributed by atoms with Gasteiger partial charge >= 0.3 is 5.69 Å². The van der Waals surface area contributed by atoms with Gasteiger partial charge in [0, 0.05) is 25.1 Å². The smallest absolute Gasteiger partial charge is 0.330 e. The van der Waals surface area contributed by atoms with Crippen LogP contribution in [0.2, 0.25) is 0 Å². The number of carbonyl (C=O) groups excluding carboxylic acids is 1. The van der Waals surface area contributed by atoms with Gasteiger partial charge in [0.15, 0.2) is 5.69 Å². The lowest BCUT2D eigenvalue weighted by molar-refractivity contribution is 0.0979. The van der Waals surface area contributed by atoms with E-state index in [1.54, 1.807) is 0 Å². The summed E-state index contributed by atoms with van der Waals surface area (Å²) in [4.78, 5) is 43.7. The van der Waals surface area contributed by atoms with Gasteiger partial charge in [-0.15, -0.1) is 11.3 Å². The third-order valence-corrected chi connectivity index (χ3v) is 6.42. The first-order chi connectivity index (χ1) is 14.0. The SMILES string of the molecule is CCCCn1c(N)c(N(CCOC)C(=O)c2cc3c(s2)CCCC3)c(=O)[nH]c1=O. The number of nitrogens with zero attached hydrogens (tertiary/aromatic N) is 2. The van der Waals surface area contributed by atoms with E-state index in [1.807, 2.05) is 13.0 Å². The minimum atomic E-state index is -0.661. The van der Waals surface area contributed by atoms with Crippen molar-refractivity contribution in [2.75, 3.05) is 30.9 Å². The van der Waals surface area contributed by atoms with Gasteiger partial charge in [0.25, 0.3) is 11.5 Å². The molecule has 29 heavy (non-hydrogen) atoms. The Balaban J connectivity index is 2.04. The first-order valence-corrected chi connectivity index (χ1v) is 10.8. The first kappa shape index (κ1) is 21.3. The van der Waals surface area contributed by atoms with Crippen molar-refractivity contribution in [1.82, 2.24) is 9.55 Å². The van der Waals surface area contributed by atoms with Crippen LogP contribution in [-0.4, -0.2) is 35.7 Å². The number of thiophene rings is 1. The van der Waals surface area contributed by atoms with Crippen LogP contribution in [0.5, 0.6) is 0 Å². The fourth-order valence-corrected chi connectivity index (χ4v) is 4.81. The Labute approximate surface area is 173 Å². The zero-order chi connectivity index (χ0) is 21.0. The fraction of sp³-hybridized carbons (Fsp3) is 0.550. The molecule has 2 heterocycles. The number of nitrogens with two attached hydrogens (primary N) is 1. The minimum absolute atomic E-state index is 0.00845. The number of carbonyl (C=O) groups is 1. The first-order valence-electron chi connectivity index (χ1n) is 10.0. The lowest BCUT2D eigenvalue weighted by Crippen LogP contribution is -2.42. The molecule has 3 rings (SSSR count). The number of unbranched alkanes of at least 4 members (excludes halogenated alkanes) is 1. The van der Waals surface area contributed by atoms with E-state index in [0.717, 1.165) is 38.5 Å². The largest absolute Gasteiger partial charge is 0.383 e. The number of nitrogen functional groups attached to an aromatic ring is 1. The number of ether oxygens (including phenoxy) is 1. The van der Waals surface area contributed by atoms with E-state index >= 15 is 0 Å². The maximum absolute atomic E-state index is 13.4. The van der Waals surface area contributed by atoms with Gasteiger partial charge in [0.2, 0.25) is 0 Å². The number of anilines is 2. The van der Waals surface area contributed by atoms with Crippen LogP contribution >= 0.6 is 11.3 Å². The fourth-order valence-electron chi connectivity index (χ4n) is 3.60. The summed E-state index contributed by atoms with van der Waals surface area (Å²) in [5.41, 5.74) is 6.22. The van der Waals surface area contributed by atoms with Crippen molar-refractivity contribution in [3.63, 3.8) is 0 Å². The average Bonchev–Trinajstić information content (AvgIpc) is 3.14. The summed E-state index contributed by atoms with van der Waals surface area (Å²) in [5.74, 6) is -0.280. The molecule has 2 aromatic heterocycles. The van der Waals surface area contributed by atoms with Gasteiger partial charge in [-0.05, 0) is 43.7 Å². The van der Waals surface area contributed by atoms with E-state index < -0.39 is 11.2 Å². The number of rotatable bonds is 8. The highest BCUT2D eigenvalue weighted by Crippen LogP contribution is 2.31. The van der Waals surface area contributed by atoms with Crippen molar-refractivity contribution in [3.05, 3.63) is 42.2 Å². The maximum Gasteiger partial charge on any atom is 0.330 e. The zero-order valence-electron chi connectivity index (χ0n) is 17.0. The molecule has 1 aliphatic carbocycles. The second kappa shape index (κ2) is 9.41. The van der Waals surface area contributed by atoms with E-state index in [-0.39, 0.29) is 30.6 Å². The molecule has 0 saturated carbocycles. The molecule has 1 amide bonds. The van der Waals surface area contributed by atoms with Crippen LogP contribution in [0, 0.1) is 0 Å². The summed E-state index contributed by atoms with van der Waals surface area (Å²) in [6.07, 6.45) is 5.81. The molecule has 0 unspecified atom stereocenters. The van der Waals surface area contributed by atoms with E-state index in [0.29, 0.717) is 11.4 Å². The van der Waals surface area contributed by atoms with Gasteiger partial charge in [0.05, 0.1) is 11.5 Å². The lowest BCUT2D eigenvalue weighted by atomic mass is 9.99. The predicted octanol–water partition coefficient (Wildman–Crippen LogP) is 2.15. The summed E-state index contributed by atoms with van der Waals surface area (Å²) >= 11 is 1.48. The summed E-state index contributed by atoms with van der Waals surface area (Å²) in [5, 5.41) is 0. The van der Waals surface area contributed by atoms with E-state index in [1.165, 1.54) is 38.4 Å². The van der Waals surface area contributed by atoms with Crippen molar-refractivity contribution >= 4 is 28.7 Å². The van der Waals surface area contributed by atoms with Crippen LogP contribution in [0.25, 0.3) is 0 Å². The monoisotopic (exact) mass is 420 g/mol. The summed E-state index contributed by atoms with van der Waals surface area (Å²) in [6, 6.07) is 1.93. The third-order valence-electron chi connectivity index (χ3n) is 5.19. The predicted molar refractivity (Wildman–Crippen MR) is 115 cm³/mol. The number of methoxy groups -OCH3 is 1. The minimum Gasteiger partial charge on any atom is -0.383 e. The molecule has 8 nitrogen and oxygen atoms in total. The molecule has 3 N–H and O–H groups in total. The summed E-state index contributed by atoms with van der Waals surface area (Å²) in [7, 11) is 1.53. The molecule has 0 atom stereocenters. The van der Waals surface area contributed by atoms with Crippen molar-refractivity contribution in [3.8, 4) is 0 Å². The summed E-state index contributed by atoms with van der Waals surface area (Å²) < 4.78 is 6.47. The van der Waals surface area contributed by atoms with Crippen molar-refractivity contribution < 1.29 is 9.53 Å². The Morgan fingerprint density at radius 1 is 1.34 bits per heavy atom. The van der Waals surface area contributed by atoms with Gasteiger partial charge < -0.3 is 10.5 Å². The second-order valence-corrected chi connectivity index (χ2v) is 8.35. The number of aromatic nitrogens is 2. The van der Waals surface area contributed by atoms with Crippen LogP contribution in [0.4, 0.5) is 11.5 Å². The standard InChI is InChI=1S/C20H28N4O4S/c1-3-4-9-24-17(21)16(18(25)22-20(24)27)23(10-11-28-2)19(26)15-12-13-7-5-6-8-14(13)29-15/h12H,3-11,21H2,1-2H3,(H,22,25,27). The Morgan fingerprint density at radius 2 is 2.10 bits per heavy atom. The average molecular weight is 421 g/mol. The molecule has 9 heteroatoms. The quantitative estimate of drug-likeness (QED) is 0.680. The normalized spacial score (nSPS) is 13.3. The van der Waals surface area contributed by atoms with Crippen molar-refractivity contribution in [1.29, 1.82) is 0 Å². The molecule has 158 valence electrons. The molecule has 0 radical (unpaired) electrons. The second-order valence-electron chi connectivity index (χ2n) is 7.21. The molecule has 0 spiro atoms. The Kier molecular flexibility index (Phi) is 6.92. The number of aryl methyl sites for hydroxylation is 2. The number of nitrogens with one attached hydrogen (secondary N) is 1. The molecular weight excluding hydrogens is 392 g/mol. The van der Waals surface area contributed by atoms with E-state index in [2.05, 4.69) is 4.98 Å². The highest BCUT2D eigenvalue weighted by molar-refractivity contribution is 7.14. The summed E-state index contributed by atoms with van der Waals surface area (Å²) in [6.45, 7) is 2.78. The molecular formula is C20H28N4O4S. The number of H-pyrrole nitrogens is 1. The van der Waals surface area contributed by atoms with Crippen LogP contribution in [0.15, 0.2) is 15.7 Å². The maximum atomic E-state index is 13.4. The Hall–Kier alpha value is -2.39. The van der Waals surface area contributed by atoms with Gasteiger partial charge in [-0.25, -0.2) is 4.79 Å². The molecule has 1 aliphatic rings. The highest BCUT2D eigenvalue weighted by atomic mass is 32.1. The number of amides is 1. The van der Waals surface area contributed by atoms with Crippen molar-refractivity contribution in [2.45, 2.75) is 52.0 Å². The van der Waals surface area contributed by atoms with Crippen LogP contribution in [0.3, 0.4) is 0 Å². The number of aromatic amines is 1. The topological polar surface area (TPSA) is 110 Å². The molecule has 0 aromatic carbocycles. The van der Waals surface area contributed by atoms with Gasteiger partial charge in [-0.2, -0.15) is 0 Å². The Bertz CT molecular complexity index is 968. The van der Waals surface area contributed by atoms with Crippen LogP contribution < -0.4 is 21.9 Å². The number of hydrogen-bond donors (Lipinski definition) is 2. The molecule has 0 bridgehead atoms. The lowest BCUT2D eigenvalue weighted by Gasteiger charge is -2.23. The highest BCUT2D eigenvalue weighted by Gasteiger charge is 2.27. The Morgan fingerprint density at radius 3 is 2.79 bits per heavy atom. The third kappa shape index (κ3) is 4.45. The van der Waals surface area contributed by atoms with Crippen molar-refractivity contribution in [2.24, 2.45) is 0 Å². The number of hydrogen-bond acceptors (Lipinski definition) is 6. The number of fused-ring (bicyclic) bond motifs is 1. The zero-order valence-corrected chi connectivity index (χ0v) is 17.8. The van der Waals surface area contributed by atoms with Crippen LogP contribution in [0.1, 0.15) is 52.7 Å².